The highest BCUT2D eigenvalue weighted by molar-refractivity contribution is 5.99. The van der Waals surface area contributed by atoms with Crippen LogP contribution in [0.5, 0.6) is 5.75 Å². The molecule has 0 bridgehead atoms. The first-order valence-corrected chi connectivity index (χ1v) is 12.3. The van der Waals surface area contributed by atoms with Gasteiger partial charge in [-0.25, -0.2) is 4.79 Å². The lowest BCUT2D eigenvalue weighted by Crippen LogP contribution is -2.52. The summed E-state index contributed by atoms with van der Waals surface area (Å²) in [5, 5.41) is 20.0. The van der Waals surface area contributed by atoms with E-state index in [2.05, 4.69) is 5.32 Å². The second kappa shape index (κ2) is 12.9. The van der Waals surface area contributed by atoms with Gasteiger partial charge in [0.25, 0.3) is 5.91 Å². The topological polar surface area (TPSA) is 155 Å². The maximum absolute atomic E-state index is 13.5. The number of hydrogen-bond donors (Lipinski definition) is 4. The molecule has 1 saturated heterocycles. The standard InChI is InChI=1S/C27H34N4O6/c1-3-23(32)27(35)37-21-12-14-31(15-13-21)26(34)22(16-17-4-10-20(36-2)11-5-17)30-25(33)19-8-6-18(7-9-19)24(28)29/h4-11,21-23,32H,3,12-16H2,1-2H3,(H3,28,29)(H,30,33). The van der Waals surface area contributed by atoms with Crippen LogP contribution in [-0.4, -0.2) is 72.1 Å². The van der Waals surface area contributed by atoms with Crippen LogP contribution < -0.4 is 15.8 Å². The van der Waals surface area contributed by atoms with Crippen molar-refractivity contribution in [2.24, 2.45) is 5.73 Å². The Morgan fingerprint density at radius 1 is 1.08 bits per heavy atom. The van der Waals surface area contributed by atoms with Gasteiger partial charge in [-0.3, -0.25) is 15.0 Å². The van der Waals surface area contributed by atoms with E-state index in [4.69, 9.17) is 20.6 Å². The van der Waals surface area contributed by atoms with Gasteiger partial charge in [-0.05, 0) is 36.2 Å². The minimum Gasteiger partial charge on any atom is -0.497 e. The van der Waals surface area contributed by atoms with Crippen LogP contribution in [0, 0.1) is 5.41 Å². The average molecular weight is 511 g/mol. The Balaban J connectivity index is 1.70. The predicted molar refractivity (Wildman–Crippen MR) is 137 cm³/mol. The molecule has 198 valence electrons. The number of benzene rings is 2. The van der Waals surface area contributed by atoms with Crippen molar-refractivity contribution in [2.45, 2.75) is 50.9 Å². The summed E-state index contributed by atoms with van der Waals surface area (Å²) in [6.45, 7) is 2.42. The van der Waals surface area contributed by atoms with E-state index in [1.54, 1.807) is 55.3 Å². The molecule has 1 heterocycles. The third-order valence-corrected chi connectivity index (χ3v) is 6.36. The number of methoxy groups -OCH3 is 1. The fraction of sp³-hybridized carbons (Fsp3) is 0.407. The molecule has 1 aliphatic heterocycles. The number of esters is 1. The van der Waals surface area contributed by atoms with E-state index in [1.807, 2.05) is 12.1 Å². The van der Waals surface area contributed by atoms with Crippen molar-refractivity contribution in [1.82, 2.24) is 10.2 Å². The molecule has 0 spiro atoms. The Labute approximate surface area is 216 Å². The van der Waals surface area contributed by atoms with E-state index >= 15 is 0 Å². The molecule has 2 aromatic carbocycles. The molecule has 37 heavy (non-hydrogen) atoms. The number of carbonyl (C=O) groups excluding carboxylic acids is 3. The molecular formula is C27H34N4O6. The van der Waals surface area contributed by atoms with E-state index in [-0.39, 0.29) is 30.7 Å². The van der Waals surface area contributed by atoms with Crippen molar-refractivity contribution < 1.29 is 29.0 Å². The lowest BCUT2D eigenvalue weighted by molar-refractivity contribution is -0.162. The van der Waals surface area contributed by atoms with Gasteiger partial charge in [0.15, 0.2) is 6.10 Å². The summed E-state index contributed by atoms with van der Waals surface area (Å²) in [4.78, 5) is 40.1. The summed E-state index contributed by atoms with van der Waals surface area (Å²) in [7, 11) is 1.57. The number of aliphatic hydroxyl groups excluding tert-OH is 1. The normalized spacial score (nSPS) is 15.4. The summed E-state index contributed by atoms with van der Waals surface area (Å²) in [6.07, 6.45) is -0.0637. The summed E-state index contributed by atoms with van der Waals surface area (Å²) >= 11 is 0. The van der Waals surface area contributed by atoms with Crippen LogP contribution in [0.4, 0.5) is 0 Å². The summed E-state index contributed by atoms with van der Waals surface area (Å²) in [5.74, 6) is -0.709. The number of ether oxygens (including phenoxy) is 2. The highest BCUT2D eigenvalue weighted by atomic mass is 16.6. The fourth-order valence-corrected chi connectivity index (χ4v) is 4.06. The molecule has 10 heteroatoms. The van der Waals surface area contributed by atoms with Crippen LogP contribution in [0.25, 0.3) is 0 Å². The van der Waals surface area contributed by atoms with Crippen LogP contribution in [0.3, 0.4) is 0 Å². The van der Waals surface area contributed by atoms with Crippen molar-refractivity contribution >= 4 is 23.6 Å². The number of likely N-dealkylation sites (tertiary alicyclic amines) is 1. The molecule has 0 radical (unpaired) electrons. The van der Waals surface area contributed by atoms with E-state index in [0.29, 0.717) is 42.8 Å². The first-order valence-electron chi connectivity index (χ1n) is 12.3. The molecule has 1 aliphatic rings. The third-order valence-electron chi connectivity index (χ3n) is 6.36. The molecule has 3 rings (SSSR count). The predicted octanol–water partition coefficient (Wildman–Crippen LogP) is 1.63. The van der Waals surface area contributed by atoms with Gasteiger partial charge >= 0.3 is 5.97 Å². The molecule has 0 saturated carbocycles. The first-order chi connectivity index (χ1) is 17.7. The number of amidine groups is 1. The second-order valence-electron chi connectivity index (χ2n) is 8.95. The number of nitrogens with two attached hydrogens (primary N) is 1. The zero-order valence-corrected chi connectivity index (χ0v) is 21.1. The number of nitrogens with zero attached hydrogens (tertiary/aromatic N) is 1. The number of hydrogen-bond acceptors (Lipinski definition) is 7. The highest BCUT2D eigenvalue weighted by Crippen LogP contribution is 2.18. The molecule has 2 atom stereocenters. The van der Waals surface area contributed by atoms with E-state index in [9.17, 15) is 19.5 Å². The van der Waals surface area contributed by atoms with Gasteiger partial charge in [0.2, 0.25) is 5.91 Å². The smallest absolute Gasteiger partial charge is 0.335 e. The van der Waals surface area contributed by atoms with E-state index in [1.165, 1.54) is 0 Å². The molecule has 5 N–H and O–H groups in total. The maximum atomic E-state index is 13.5. The summed E-state index contributed by atoms with van der Waals surface area (Å²) < 4.78 is 10.6. The Kier molecular flexibility index (Phi) is 9.62. The van der Waals surface area contributed by atoms with Crippen LogP contribution in [0.2, 0.25) is 0 Å². The van der Waals surface area contributed by atoms with Gasteiger partial charge in [0.05, 0.1) is 7.11 Å². The molecule has 0 aliphatic carbocycles. The minimum atomic E-state index is -1.15. The minimum absolute atomic E-state index is 0.0993. The lowest BCUT2D eigenvalue weighted by Gasteiger charge is -2.34. The summed E-state index contributed by atoms with van der Waals surface area (Å²) in [6, 6.07) is 12.7. The zero-order valence-electron chi connectivity index (χ0n) is 21.1. The maximum Gasteiger partial charge on any atom is 0.335 e. The Morgan fingerprint density at radius 2 is 1.68 bits per heavy atom. The number of nitrogen functional groups attached to an aromatic ring is 1. The number of nitrogens with one attached hydrogen (secondary N) is 2. The van der Waals surface area contributed by atoms with Gasteiger partial charge in [0, 0.05) is 43.5 Å². The third kappa shape index (κ3) is 7.53. The monoisotopic (exact) mass is 510 g/mol. The largest absolute Gasteiger partial charge is 0.497 e. The van der Waals surface area contributed by atoms with Gasteiger partial charge in [-0.15, -0.1) is 0 Å². The Bertz CT molecular complexity index is 1090. The lowest BCUT2D eigenvalue weighted by atomic mass is 10.0. The number of aliphatic hydroxyl groups is 1. The van der Waals surface area contributed by atoms with Crippen molar-refractivity contribution in [2.75, 3.05) is 20.2 Å². The van der Waals surface area contributed by atoms with Crippen LogP contribution in [0.15, 0.2) is 48.5 Å². The van der Waals surface area contributed by atoms with Crippen molar-refractivity contribution in [1.29, 1.82) is 5.41 Å². The molecular weight excluding hydrogens is 476 g/mol. The Hall–Kier alpha value is -3.92. The SMILES string of the molecule is CCC(O)C(=O)OC1CCN(C(=O)C(Cc2ccc(OC)cc2)NC(=O)c2ccc(C(=N)N)cc2)CC1. The fourth-order valence-electron chi connectivity index (χ4n) is 4.06. The molecule has 2 unspecified atom stereocenters. The van der Waals surface area contributed by atoms with Gasteiger partial charge in [-0.2, -0.15) is 0 Å². The van der Waals surface area contributed by atoms with Gasteiger partial charge in [0.1, 0.15) is 23.7 Å². The summed E-state index contributed by atoms with van der Waals surface area (Å²) in [5.41, 5.74) is 7.18. The van der Waals surface area contributed by atoms with Crippen molar-refractivity contribution in [3.05, 3.63) is 65.2 Å². The van der Waals surface area contributed by atoms with Gasteiger partial charge in [-0.1, -0.05) is 31.2 Å². The molecule has 10 nitrogen and oxygen atoms in total. The Morgan fingerprint density at radius 3 is 2.22 bits per heavy atom. The van der Waals surface area contributed by atoms with Crippen LogP contribution in [0.1, 0.15) is 47.7 Å². The van der Waals surface area contributed by atoms with Crippen LogP contribution in [-0.2, 0) is 20.7 Å². The van der Waals surface area contributed by atoms with Crippen molar-refractivity contribution in [3.8, 4) is 5.75 Å². The molecule has 2 aromatic rings. The molecule has 2 amide bonds. The van der Waals surface area contributed by atoms with E-state index in [0.717, 1.165) is 5.56 Å². The number of carbonyl (C=O) groups is 3. The zero-order chi connectivity index (χ0) is 26.9. The van der Waals surface area contributed by atoms with Crippen molar-refractivity contribution in [3.63, 3.8) is 0 Å². The molecule has 1 fully saturated rings. The van der Waals surface area contributed by atoms with Gasteiger partial charge < -0.3 is 30.5 Å². The average Bonchev–Trinajstić information content (AvgIpc) is 2.92. The highest BCUT2D eigenvalue weighted by Gasteiger charge is 2.31. The quantitative estimate of drug-likeness (QED) is 0.215. The number of amides is 2. The van der Waals surface area contributed by atoms with E-state index < -0.39 is 24.0 Å². The number of rotatable bonds is 10. The van der Waals surface area contributed by atoms with Crippen LogP contribution >= 0.6 is 0 Å². The molecule has 0 aromatic heterocycles. The second-order valence-corrected chi connectivity index (χ2v) is 8.95. The first kappa shape index (κ1) is 27.7. The number of piperidine rings is 1.